The first-order valence-corrected chi connectivity index (χ1v) is 9.87. The highest BCUT2D eigenvalue weighted by Crippen LogP contribution is 2.32. The van der Waals surface area contributed by atoms with Gasteiger partial charge in [-0.1, -0.05) is 0 Å². The van der Waals surface area contributed by atoms with Gasteiger partial charge >= 0.3 is 0 Å². The fraction of sp³-hybridized carbons (Fsp3) is 0.462. The summed E-state index contributed by atoms with van der Waals surface area (Å²) in [6.45, 7) is 2.36. The van der Waals surface area contributed by atoms with Crippen molar-refractivity contribution in [1.82, 2.24) is 5.32 Å². The van der Waals surface area contributed by atoms with Gasteiger partial charge in [0.05, 0.1) is 17.2 Å². The number of amides is 1. The Kier molecular flexibility index (Phi) is 5.45. The number of sulfone groups is 1. The third-order valence-electron chi connectivity index (χ3n) is 3.18. The largest absolute Gasteiger partial charge is 0.324 e. The van der Waals surface area contributed by atoms with Crippen LogP contribution in [0.25, 0.3) is 0 Å². The zero-order valence-electron chi connectivity index (χ0n) is 11.4. The molecule has 2 rings (SSSR count). The van der Waals surface area contributed by atoms with Crippen LogP contribution in [0.5, 0.6) is 0 Å². The van der Waals surface area contributed by atoms with Gasteiger partial charge in [-0.2, -0.15) is 0 Å². The number of anilines is 1. The molecule has 0 spiro atoms. The van der Waals surface area contributed by atoms with Gasteiger partial charge in [-0.3, -0.25) is 4.79 Å². The Morgan fingerprint density at radius 3 is 2.57 bits per heavy atom. The van der Waals surface area contributed by atoms with E-state index in [2.05, 4.69) is 42.5 Å². The topological polar surface area (TPSA) is 75.3 Å². The Labute approximate surface area is 141 Å². The van der Waals surface area contributed by atoms with Crippen LogP contribution in [0.15, 0.2) is 21.1 Å². The van der Waals surface area contributed by atoms with Crippen LogP contribution in [0.2, 0.25) is 0 Å². The fourth-order valence-corrected chi connectivity index (χ4v) is 5.29. The summed E-state index contributed by atoms with van der Waals surface area (Å²) in [6, 6.07) is 3.49. The first-order chi connectivity index (χ1) is 9.77. The van der Waals surface area contributed by atoms with Crippen LogP contribution in [-0.4, -0.2) is 38.4 Å². The van der Waals surface area contributed by atoms with E-state index in [0.29, 0.717) is 12.2 Å². The van der Waals surface area contributed by atoms with Crippen LogP contribution in [-0.2, 0) is 14.6 Å². The van der Waals surface area contributed by atoms with E-state index in [0.717, 1.165) is 14.5 Å². The number of hydrogen-bond donors (Lipinski definition) is 2. The molecule has 8 heteroatoms. The molecule has 116 valence electrons. The van der Waals surface area contributed by atoms with E-state index in [4.69, 9.17) is 0 Å². The Morgan fingerprint density at radius 2 is 2.00 bits per heavy atom. The summed E-state index contributed by atoms with van der Waals surface area (Å²) in [5, 5.41) is 5.88. The quantitative estimate of drug-likeness (QED) is 0.757. The highest BCUT2D eigenvalue weighted by molar-refractivity contribution is 9.11. The molecule has 0 aliphatic carbocycles. The van der Waals surface area contributed by atoms with Crippen LogP contribution in [0, 0.1) is 6.92 Å². The summed E-state index contributed by atoms with van der Waals surface area (Å²) < 4.78 is 24.7. The number of benzene rings is 1. The number of carbonyl (C=O) groups is 1. The van der Waals surface area contributed by atoms with Crippen molar-refractivity contribution in [2.75, 3.05) is 23.4 Å². The fourth-order valence-electron chi connectivity index (χ4n) is 2.23. The number of hydrogen-bond acceptors (Lipinski definition) is 4. The van der Waals surface area contributed by atoms with Crippen molar-refractivity contribution in [1.29, 1.82) is 0 Å². The summed E-state index contributed by atoms with van der Waals surface area (Å²) >= 11 is 6.83. The van der Waals surface area contributed by atoms with Gasteiger partial charge in [0.1, 0.15) is 0 Å². The van der Waals surface area contributed by atoms with Crippen LogP contribution in [0.3, 0.4) is 0 Å². The SMILES string of the molecule is Cc1cc(Br)c(NC(=O)CC2CS(=O)(=O)CCN2)c(Br)c1. The van der Waals surface area contributed by atoms with Crippen molar-refractivity contribution in [2.24, 2.45) is 0 Å². The highest BCUT2D eigenvalue weighted by Gasteiger charge is 2.26. The lowest BCUT2D eigenvalue weighted by atomic mass is 10.2. The van der Waals surface area contributed by atoms with Gasteiger partial charge < -0.3 is 10.6 Å². The second-order valence-corrected chi connectivity index (χ2v) is 9.06. The molecule has 1 aliphatic rings. The smallest absolute Gasteiger partial charge is 0.226 e. The van der Waals surface area contributed by atoms with Crippen molar-refractivity contribution < 1.29 is 13.2 Å². The van der Waals surface area contributed by atoms with E-state index in [1.807, 2.05) is 19.1 Å². The molecule has 1 aromatic carbocycles. The number of rotatable bonds is 3. The maximum atomic E-state index is 12.1. The molecule has 0 bridgehead atoms. The monoisotopic (exact) mass is 438 g/mol. The second-order valence-electron chi connectivity index (χ2n) is 5.12. The molecule has 1 saturated heterocycles. The Balaban J connectivity index is 2.02. The third-order valence-corrected chi connectivity index (χ3v) is 6.17. The highest BCUT2D eigenvalue weighted by atomic mass is 79.9. The standard InChI is InChI=1S/C13H16Br2N2O3S/c1-8-4-10(14)13(11(15)5-8)17-12(18)6-9-7-21(19,20)3-2-16-9/h4-5,9,16H,2-3,6-7H2,1H3,(H,17,18). The molecular weight excluding hydrogens is 424 g/mol. The van der Waals surface area contributed by atoms with Crippen molar-refractivity contribution in [3.63, 3.8) is 0 Å². The Hall–Kier alpha value is -0.440. The van der Waals surface area contributed by atoms with Gasteiger partial charge in [0.2, 0.25) is 5.91 Å². The average molecular weight is 440 g/mol. The van der Waals surface area contributed by atoms with Crippen molar-refractivity contribution in [3.8, 4) is 0 Å². The van der Waals surface area contributed by atoms with Crippen molar-refractivity contribution in [3.05, 3.63) is 26.6 Å². The lowest BCUT2D eigenvalue weighted by molar-refractivity contribution is -0.116. The van der Waals surface area contributed by atoms with Crippen LogP contribution >= 0.6 is 31.9 Å². The van der Waals surface area contributed by atoms with E-state index in [1.165, 1.54) is 0 Å². The first-order valence-electron chi connectivity index (χ1n) is 6.46. The maximum Gasteiger partial charge on any atom is 0.226 e. The predicted octanol–water partition coefficient (Wildman–Crippen LogP) is 2.24. The van der Waals surface area contributed by atoms with Gasteiger partial charge in [0, 0.05) is 28.0 Å². The molecular formula is C13H16Br2N2O3S. The molecule has 1 aliphatic heterocycles. The van der Waals surface area contributed by atoms with E-state index < -0.39 is 9.84 Å². The molecule has 1 unspecified atom stereocenters. The van der Waals surface area contributed by atoms with Gasteiger partial charge in [0.25, 0.3) is 0 Å². The summed E-state index contributed by atoms with van der Waals surface area (Å²) in [5.74, 6) is -0.0635. The average Bonchev–Trinajstić information content (AvgIpc) is 2.32. The van der Waals surface area contributed by atoms with Gasteiger partial charge in [-0.15, -0.1) is 0 Å². The van der Waals surface area contributed by atoms with E-state index in [-0.39, 0.29) is 29.9 Å². The maximum absolute atomic E-state index is 12.1. The summed E-state index contributed by atoms with van der Waals surface area (Å²) in [6.07, 6.45) is 0.131. The molecule has 1 atom stereocenters. The zero-order valence-corrected chi connectivity index (χ0v) is 15.4. The molecule has 0 saturated carbocycles. The first kappa shape index (κ1) is 16.9. The molecule has 0 aromatic heterocycles. The Morgan fingerprint density at radius 1 is 1.38 bits per heavy atom. The second kappa shape index (κ2) is 6.76. The van der Waals surface area contributed by atoms with Crippen LogP contribution in [0.4, 0.5) is 5.69 Å². The lowest BCUT2D eigenvalue weighted by Crippen LogP contribution is -2.46. The minimum absolute atomic E-state index is 0.0106. The minimum Gasteiger partial charge on any atom is -0.324 e. The van der Waals surface area contributed by atoms with Crippen LogP contribution < -0.4 is 10.6 Å². The minimum atomic E-state index is -3.03. The number of aryl methyl sites for hydroxylation is 1. The summed E-state index contributed by atoms with van der Waals surface area (Å²) in [4.78, 5) is 12.1. The van der Waals surface area contributed by atoms with E-state index in [1.54, 1.807) is 0 Å². The number of halogens is 2. The predicted molar refractivity (Wildman–Crippen MR) is 90.3 cm³/mol. The number of nitrogens with one attached hydrogen (secondary N) is 2. The molecule has 5 nitrogen and oxygen atoms in total. The molecule has 0 radical (unpaired) electrons. The normalized spacial score (nSPS) is 21.0. The van der Waals surface area contributed by atoms with Gasteiger partial charge in [-0.05, 0) is 56.5 Å². The molecule has 1 aromatic rings. The number of carbonyl (C=O) groups excluding carboxylic acids is 1. The van der Waals surface area contributed by atoms with E-state index in [9.17, 15) is 13.2 Å². The molecule has 1 amide bonds. The molecule has 21 heavy (non-hydrogen) atoms. The van der Waals surface area contributed by atoms with Gasteiger partial charge in [-0.25, -0.2) is 8.42 Å². The Bertz CT molecular complexity index is 638. The lowest BCUT2D eigenvalue weighted by Gasteiger charge is -2.23. The zero-order chi connectivity index (χ0) is 15.6. The molecule has 2 N–H and O–H groups in total. The van der Waals surface area contributed by atoms with Crippen molar-refractivity contribution >= 4 is 53.3 Å². The third kappa shape index (κ3) is 4.77. The van der Waals surface area contributed by atoms with Gasteiger partial charge in [0.15, 0.2) is 9.84 Å². The molecule has 1 fully saturated rings. The van der Waals surface area contributed by atoms with Crippen molar-refractivity contribution in [2.45, 2.75) is 19.4 Å². The summed E-state index contributed by atoms with van der Waals surface area (Å²) in [7, 11) is -3.03. The molecule has 1 heterocycles. The summed E-state index contributed by atoms with van der Waals surface area (Å²) in [5.41, 5.74) is 1.72. The van der Waals surface area contributed by atoms with Crippen LogP contribution in [0.1, 0.15) is 12.0 Å². The van der Waals surface area contributed by atoms with E-state index >= 15 is 0 Å².